The minimum atomic E-state index is -0.350. The summed E-state index contributed by atoms with van der Waals surface area (Å²) in [5.74, 6) is 0.315. The minimum absolute atomic E-state index is 0.0513. The highest BCUT2D eigenvalue weighted by Gasteiger charge is 2.29. The molecule has 0 aliphatic carbocycles. The van der Waals surface area contributed by atoms with Crippen molar-refractivity contribution in [1.29, 1.82) is 0 Å². The van der Waals surface area contributed by atoms with Gasteiger partial charge >= 0.3 is 0 Å². The van der Waals surface area contributed by atoms with Crippen LogP contribution in [0.4, 0.5) is 10.2 Å². The molecule has 2 aromatic carbocycles. The normalized spacial score (nSPS) is 19.0. The minimum Gasteiger partial charge on any atom is -0.492 e. The van der Waals surface area contributed by atoms with Gasteiger partial charge in [-0.05, 0) is 37.6 Å². The van der Waals surface area contributed by atoms with E-state index in [-0.39, 0.29) is 35.7 Å². The molecule has 218 valence electrons. The Kier molecular flexibility index (Phi) is 7.45. The van der Waals surface area contributed by atoms with E-state index in [0.29, 0.717) is 28.9 Å². The van der Waals surface area contributed by atoms with Crippen LogP contribution in [0.1, 0.15) is 24.6 Å². The highest BCUT2D eigenvalue weighted by Crippen LogP contribution is 2.29. The fourth-order valence-corrected chi connectivity index (χ4v) is 5.07. The number of aliphatic imine (C=N–C) groups is 1. The highest BCUT2D eigenvalue weighted by atomic mass is 19.1. The smallest absolute Gasteiger partial charge is 0.260 e. The molecule has 3 aromatic heterocycles. The monoisotopic (exact) mass is 578 g/mol. The maximum Gasteiger partial charge on any atom is 0.260 e. The van der Waals surface area contributed by atoms with E-state index in [1.165, 1.54) is 4.90 Å². The van der Waals surface area contributed by atoms with E-state index in [1.807, 2.05) is 50.3 Å². The van der Waals surface area contributed by atoms with Crippen LogP contribution in [0.5, 0.6) is 0 Å². The first-order valence-corrected chi connectivity index (χ1v) is 13.9. The molecule has 0 saturated heterocycles. The van der Waals surface area contributed by atoms with Crippen LogP contribution in [0, 0.1) is 18.7 Å². The molecule has 0 fully saturated rings. The first kappa shape index (κ1) is 27.8. The number of H-pyrrole nitrogens is 2. The summed E-state index contributed by atoms with van der Waals surface area (Å²) in [4.78, 5) is 31.6. The van der Waals surface area contributed by atoms with Gasteiger partial charge in [-0.15, -0.1) is 0 Å². The number of halogens is 1. The largest absolute Gasteiger partial charge is 0.492 e. The SMILES string of the molecule is Cc1cc2c(F)c(CO/C3=C(C(=O)N(C)C)/C(Nc4cc(-c5ccc6nccnc6c5)[nH]n4)=N/C=C/CC3C)ccc2[nH]1. The second-order valence-electron chi connectivity index (χ2n) is 10.7. The number of anilines is 1. The quantitative estimate of drug-likeness (QED) is 0.231. The molecule has 1 aliphatic rings. The number of likely N-dealkylation sites (N-methyl/N-ethyl adjacent to an activating group) is 1. The van der Waals surface area contributed by atoms with Gasteiger partial charge in [-0.25, -0.2) is 9.38 Å². The van der Waals surface area contributed by atoms with Gasteiger partial charge in [0, 0.05) is 72.4 Å². The molecule has 4 heterocycles. The Bertz CT molecular complexity index is 1930. The summed E-state index contributed by atoms with van der Waals surface area (Å²) >= 11 is 0. The Morgan fingerprint density at radius 2 is 1.93 bits per heavy atom. The van der Waals surface area contributed by atoms with Crippen LogP contribution in [0.15, 0.2) is 83.5 Å². The summed E-state index contributed by atoms with van der Waals surface area (Å²) < 4.78 is 21.7. The third-order valence-corrected chi connectivity index (χ3v) is 7.29. The number of benzene rings is 2. The predicted octanol–water partition coefficient (Wildman–Crippen LogP) is 5.87. The number of hydrogen-bond acceptors (Lipinski definition) is 7. The molecular weight excluding hydrogens is 547 g/mol. The number of aromatic amines is 2. The first-order valence-electron chi connectivity index (χ1n) is 13.9. The van der Waals surface area contributed by atoms with Gasteiger partial charge in [-0.1, -0.05) is 25.1 Å². The highest BCUT2D eigenvalue weighted by molar-refractivity contribution is 6.25. The Morgan fingerprint density at radius 3 is 2.74 bits per heavy atom. The van der Waals surface area contributed by atoms with Crippen LogP contribution < -0.4 is 5.32 Å². The van der Waals surface area contributed by atoms with Crippen molar-refractivity contribution < 1.29 is 13.9 Å². The van der Waals surface area contributed by atoms with Crippen molar-refractivity contribution in [3.05, 3.63) is 95.5 Å². The molecule has 6 rings (SSSR count). The van der Waals surface area contributed by atoms with E-state index in [0.717, 1.165) is 33.5 Å². The fourth-order valence-electron chi connectivity index (χ4n) is 5.07. The number of fused-ring (bicyclic) bond motifs is 2. The molecule has 3 N–H and O–H groups in total. The van der Waals surface area contributed by atoms with Gasteiger partial charge in [0.05, 0.1) is 16.7 Å². The van der Waals surface area contributed by atoms with Crippen LogP contribution in [-0.4, -0.2) is 55.9 Å². The maximum atomic E-state index is 15.4. The number of nitrogens with zero attached hydrogens (tertiary/aromatic N) is 5. The Morgan fingerprint density at radius 1 is 1.12 bits per heavy atom. The van der Waals surface area contributed by atoms with Crippen molar-refractivity contribution in [2.24, 2.45) is 10.9 Å². The van der Waals surface area contributed by atoms with Gasteiger partial charge < -0.3 is 19.9 Å². The molecule has 11 heteroatoms. The van der Waals surface area contributed by atoms with Gasteiger partial charge in [0.25, 0.3) is 5.91 Å². The summed E-state index contributed by atoms with van der Waals surface area (Å²) in [6, 6.07) is 12.9. The predicted molar refractivity (Wildman–Crippen MR) is 165 cm³/mol. The van der Waals surface area contributed by atoms with E-state index >= 15 is 4.39 Å². The first-order chi connectivity index (χ1) is 20.8. The van der Waals surface area contributed by atoms with Crippen molar-refractivity contribution >= 4 is 39.5 Å². The number of carbonyl (C=O) groups excluding carboxylic acids is 1. The zero-order valence-electron chi connectivity index (χ0n) is 24.3. The number of aryl methyl sites for hydroxylation is 1. The summed E-state index contributed by atoms with van der Waals surface area (Å²) in [5, 5.41) is 11.2. The van der Waals surface area contributed by atoms with Crippen LogP contribution in [0.2, 0.25) is 0 Å². The molecule has 0 bridgehead atoms. The zero-order chi connectivity index (χ0) is 30.1. The Balaban J connectivity index is 1.34. The number of rotatable bonds is 6. The van der Waals surface area contributed by atoms with Gasteiger partial charge in [0.15, 0.2) is 5.82 Å². The van der Waals surface area contributed by atoms with E-state index in [9.17, 15) is 4.79 Å². The topological polar surface area (TPSA) is 124 Å². The Labute approximate surface area is 247 Å². The second kappa shape index (κ2) is 11.5. The summed E-state index contributed by atoms with van der Waals surface area (Å²) in [5.41, 5.74) is 5.42. The Hall–Kier alpha value is -5.32. The summed E-state index contributed by atoms with van der Waals surface area (Å²) in [6.07, 6.45) is 7.47. The number of aromatic nitrogens is 5. The van der Waals surface area contributed by atoms with Crippen LogP contribution in [0.25, 0.3) is 33.2 Å². The van der Waals surface area contributed by atoms with Crippen molar-refractivity contribution in [2.45, 2.75) is 26.9 Å². The molecule has 0 saturated carbocycles. The van der Waals surface area contributed by atoms with Gasteiger partial charge in [-0.3, -0.25) is 19.9 Å². The number of amidine groups is 1. The van der Waals surface area contributed by atoms with Crippen LogP contribution >= 0.6 is 0 Å². The van der Waals surface area contributed by atoms with E-state index < -0.39 is 0 Å². The number of hydrogen-bond donors (Lipinski definition) is 3. The molecule has 43 heavy (non-hydrogen) atoms. The van der Waals surface area contributed by atoms with E-state index in [1.54, 1.807) is 44.8 Å². The van der Waals surface area contributed by atoms with Crippen molar-refractivity contribution in [1.82, 2.24) is 30.0 Å². The standard InChI is InChI=1S/C32H31FN8O2/c1-18-6-5-11-36-31(38-27-16-25(39-40-27)20-7-10-24-26(15-20)35-13-12-34-24)28(32(42)41(3)4)30(18)43-17-21-8-9-23-22(29(21)33)14-19(2)37-23/h5,7-16,18,37H,6,17H2,1-4H3,(H2,36,38,39,40)/b11-5+,30-28-. The van der Waals surface area contributed by atoms with Gasteiger partial charge in [0.1, 0.15) is 29.6 Å². The number of allylic oxidation sites excluding steroid dienone is 2. The summed E-state index contributed by atoms with van der Waals surface area (Å²) in [7, 11) is 3.34. The van der Waals surface area contributed by atoms with Crippen LogP contribution in [-0.2, 0) is 16.1 Å². The molecule has 1 unspecified atom stereocenters. The lowest BCUT2D eigenvalue weighted by molar-refractivity contribution is -0.124. The van der Waals surface area contributed by atoms with Crippen LogP contribution in [0.3, 0.4) is 0 Å². The number of nitrogens with one attached hydrogen (secondary N) is 3. The molecule has 0 radical (unpaired) electrons. The maximum absolute atomic E-state index is 15.4. The van der Waals surface area contributed by atoms with Gasteiger partial charge in [0.2, 0.25) is 0 Å². The molecule has 1 atom stereocenters. The second-order valence-corrected chi connectivity index (χ2v) is 10.7. The average molecular weight is 579 g/mol. The zero-order valence-corrected chi connectivity index (χ0v) is 24.3. The molecule has 1 amide bonds. The molecule has 1 aliphatic heterocycles. The lowest BCUT2D eigenvalue weighted by Crippen LogP contribution is -2.33. The average Bonchev–Trinajstić information content (AvgIpc) is 3.63. The van der Waals surface area contributed by atoms with Gasteiger partial charge in [-0.2, -0.15) is 5.10 Å². The number of ether oxygens (including phenoxy) is 1. The third kappa shape index (κ3) is 5.61. The van der Waals surface area contributed by atoms with E-state index in [4.69, 9.17) is 4.74 Å². The third-order valence-electron chi connectivity index (χ3n) is 7.29. The lowest BCUT2D eigenvalue weighted by atomic mass is 9.98. The van der Waals surface area contributed by atoms with E-state index in [2.05, 4.69) is 35.5 Å². The molecule has 10 nitrogen and oxygen atoms in total. The number of amides is 1. The van der Waals surface area contributed by atoms with Crippen molar-refractivity contribution in [3.63, 3.8) is 0 Å². The number of carbonyl (C=O) groups is 1. The fraction of sp³-hybridized carbons (Fsp3) is 0.219. The van der Waals surface area contributed by atoms with Crippen molar-refractivity contribution in [3.8, 4) is 11.3 Å². The lowest BCUT2D eigenvalue weighted by Gasteiger charge is -2.24. The molecule has 5 aromatic rings. The molecular formula is C32H31FN8O2. The summed E-state index contributed by atoms with van der Waals surface area (Å²) in [6.45, 7) is 3.80. The molecule has 0 spiro atoms. The van der Waals surface area contributed by atoms with Crippen molar-refractivity contribution in [2.75, 3.05) is 19.4 Å².